The van der Waals surface area contributed by atoms with Crippen molar-refractivity contribution in [2.75, 3.05) is 5.32 Å². The maximum atomic E-state index is 13.6. The number of carboxylic acid groups (broad SMARTS) is 1. The SMILES string of the molecule is Cc1occc1C(=O)Nc1c(F)cccc1C(=O)O. The van der Waals surface area contributed by atoms with Gasteiger partial charge in [0.1, 0.15) is 11.6 Å². The Bertz CT molecular complexity index is 648. The van der Waals surface area contributed by atoms with Crippen molar-refractivity contribution in [3.63, 3.8) is 0 Å². The highest BCUT2D eigenvalue weighted by Crippen LogP contribution is 2.21. The van der Waals surface area contributed by atoms with E-state index in [1.807, 2.05) is 0 Å². The van der Waals surface area contributed by atoms with Crippen molar-refractivity contribution in [1.29, 1.82) is 0 Å². The van der Waals surface area contributed by atoms with Gasteiger partial charge in [-0.1, -0.05) is 6.07 Å². The number of hydrogen-bond donors (Lipinski definition) is 2. The largest absolute Gasteiger partial charge is 0.478 e. The average Bonchev–Trinajstić information content (AvgIpc) is 2.77. The number of furan rings is 1. The fourth-order valence-electron chi connectivity index (χ4n) is 1.63. The average molecular weight is 263 g/mol. The molecule has 2 N–H and O–H groups in total. The molecular formula is C13H10FNO4. The summed E-state index contributed by atoms with van der Waals surface area (Å²) in [4.78, 5) is 22.9. The Kier molecular flexibility index (Phi) is 3.33. The van der Waals surface area contributed by atoms with Crippen LogP contribution in [0.15, 0.2) is 34.9 Å². The number of carboxylic acids is 1. The summed E-state index contributed by atoms with van der Waals surface area (Å²) in [5.74, 6) is -2.39. The van der Waals surface area contributed by atoms with Gasteiger partial charge >= 0.3 is 5.97 Å². The van der Waals surface area contributed by atoms with Gasteiger partial charge in [-0.05, 0) is 25.1 Å². The number of hydrogen-bond acceptors (Lipinski definition) is 3. The fraction of sp³-hybridized carbons (Fsp3) is 0.0769. The summed E-state index contributed by atoms with van der Waals surface area (Å²) in [6.45, 7) is 1.58. The Morgan fingerprint density at radius 3 is 2.58 bits per heavy atom. The monoisotopic (exact) mass is 263 g/mol. The number of amides is 1. The van der Waals surface area contributed by atoms with Gasteiger partial charge in [-0.15, -0.1) is 0 Å². The van der Waals surface area contributed by atoms with E-state index in [1.165, 1.54) is 24.5 Å². The summed E-state index contributed by atoms with van der Waals surface area (Å²) < 4.78 is 18.6. The van der Waals surface area contributed by atoms with Crippen LogP contribution in [0.1, 0.15) is 26.5 Å². The van der Waals surface area contributed by atoms with Gasteiger partial charge in [0, 0.05) is 0 Å². The van der Waals surface area contributed by atoms with Gasteiger partial charge < -0.3 is 14.8 Å². The first-order valence-electron chi connectivity index (χ1n) is 5.38. The van der Waals surface area contributed by atoms with Crippen LogP contribution in [0.4, 0.5) is 10.1 Å². The number of aromatic carboxylic acids is 1. The highest BCUT2D eigenvalue weighted by atomic mass is 19.1. The molecule has 5 nitrogen and oxygen atoms in total. The highest BCUT2D eigenvalue weighted by Gasteiger charge is 2.19. The van der Waals surface area contributed by atoms with Gasteiger partial charge in [0.25, 0.3) is 5.91 Å². The van der Waals surface area contributed by atoms with Crippen LogP contribution >= 0.6 is 0 Å². The highest BCUT2D eigenvalue weighted by molar-refractivity contribution is 6.08. The van der Waals surface area contributed by atoms with Gasteiger partial charge in [-0.3, -0.25) is 4.79 Å². The second-order valence-corrected chi connectivity index (χ2v) is 3.81. The maximum absolute atomic E-state index is 13.6. The third-order valence-corrected chi connectivity index (χ3v) is 2.59. The minimum absolute atomic E-state index is 0.222. The number of halogens is 1. The molecule has 19 heavy (non-hydrogen) atoms. The molecule has 0 radical (unpaired) electrons. The van der Waals surface area contributed by atoms with Gasteiger partial charge in [0.2, 0.25) is 0 Å². The molecule has 0 unspecified atom stereocenters. The molecule has 1 aromatic heterocycles. The Morgan fingerprint density at radius 2 is 2.00 bits per heavy atom. The predicted octanol–water partition coefficient (Wildman–Crippen LogP) is 2.68. The van der Waals surface area contributed by atoms with Gasteiger partial charge in [-0.2, -0.15) is 0 Å². The number of rotatable bonds is 3. The summed E-state index contributed by atoms with van der Waals surface area (Å²) >= 11 is 0. The van der Waals surface area contributed by atoms with Crippen LogP contribution in [0.2, 0.25) is 0 Å². The Morgan fingerprint density at radius 1 is 1.26 bits per heavy atom. The number of carbonyl (C=O) groups excluding carboxylic acids is 1. The molecule has 0 spiro atoms. The molecule has 0 aliphatic heterocycles. The summed E-state index contributed by atoms with van der Waals surface area (Å²) in [6, 6.07) is 4.97. The number of aryl methyl sites for hydroxylation is 1. The molecule has 0 aliphatic rings. The first-order valence-corrected chi connectivity index (χ1v) is 5.38. The molecule has 0 saturated carbocycles. The molecule has 0 fully saturated rings. The first kappa shape index (κ1) is 12.8. The molecule has 0 aliphatic carbocycles. The topological polar surface area (TPSA) is 79.5 Å². The molecule has 1 aromatic carbocycles. The molecule has 0 atom stereocenters. The Labute approximate surface area is 107 Å². The quantitative estimate of drug-likeness (QED) is 0.892. The summed E-state index contributed by atoms with van der Waals surface area (Å²) in [6.07, 6.45) is 1.32. The molecule has 1 amide bonds. The van der Waals surface area contributed by atoms with Crippen molar-refractivity contribution in [2.24, 2.45) is 0 Å². The van der Waals surface area contributed by atoms with Crippen molar-refractivity contribution in [2.45, 2.75) is 6.92 Å². The minimum atomic E-state index is -1.32. The summed E-state index contributed by atoms with van der Waals surface area (Å²) in [5, 5.41) is 11.2. The van der Waals surface area contributed by atoms with E-state index in [0.717, 1.165) is 6.07 Å². The smallest absolute Gasteiger partial charge is 0.337 e. The summed E-state index contributed by atoms with van der Waals surface area (Å²) in [7, 11) is 0. The molecule has 2 rings (SSSR count). The number of carbonyl (C=O) groups is 2. The first-order chi connectivity index (χ1) is 9.00. The third-order valence-electron chi connectivity index (χ3n) is 2.59. The minimum Gasteiger partial charge on any atom is -0.478 e. The lowest BCUT2D eigenvalue weighted by Crippen LogP contribution is -2.16. The molecule has 1 heterocycles. The van der Waals surface area contributed by atoms with E-state index in [0.29, 0.717) is 5.76 Å². The third kappa shape index (κ3) is 2.47. The molecule has 98 valence electrons. The second kappa shape index (κ2) is 4.93. The Hall–Kier alpha value is -2.63. The van der Waals surface area contributed by atoms with E-state index in [2.05, 4.69) is 5.32 Å². The lowest BCUT2D eigenvalue weighted by atomic mass is 10.1. The van der Waals surface area contributed by atoms with E-state index in [9.17, 15) is 14.0 Å². The van der Waals surface area contributed by atoms with Crippen LogP contribution < -0.4 is 5.32 Å². The van der Waals surface area contributed by atoms with Crippen LogP contribution in [0, 0.1) is 12.7 Å². The zero-order chi connectivity index (χ0) is 14.0. The lowest BCUT2D eigenvalue weighted by Gasteiger charge is -2.08. The van der Waals surface area contributed by atoms with E-state index in [-0.39, 0.29) is 16.8 Å². The number of anilines is 1. The number of benzene rings is 1. The lowest BCUT2D eigenvalue weighted by molar-refractivity contribution is 0.0697. The van der Waals surface area contributed by atoms with Gasteiger partial charge in [0.15, 0.2) is 0 Å². The molecule has 0 saturated heterocycles. The van der Waals surface area contributed by atoms with Crippen molar-refractivity contribution in [3.8, 4) is 0 Å². The zero-order valence-electron chi connectivity index (χ0n) is 9.94. The zero-order valence-corrected chi connectivity index (χ0v) is 9.94. The maximum Gasteiger partial charge on any atom is 0.337 e. The normalized spacial score (nSPS) is 10.2. The molecule has 0 bridgehead atoms. The van der Waals surface area contributed by atoms with Crippen LogP contribution in [0.5, 0.6) is 0 Å². The van der Waals surface area contributed by atoms with Crippen molar-refractivity contribution < 1.29 is 23.5 Å². The van der Waals surface area contributed by atoms with Crippen LogP contribution in [-0.4, -0.2) is 17.0 Å². The van der Waals surface area contributed by atoms with E-state index in [4.69, 9.17) is 9.52 Å². The van der Waals surface area contributed by atoms with Gasteiger partial charge in [-0.25, -0.2) is 9.18 Å². The van der Waals surface area contributed by atoms with Crippen molar-refractivity contribution >= 4 is 17.6 Å². The van der Waals surface area contributed by atoms with E-state index < -0.39 is 17.7 Å². The number of para-hydroxylation sites is 1. The second-order valence-electron chi connectivity index (χ2n) is 3.81. The Balaban J connectivity index is 2.36. The predicted molar refractivity (Wildman–Crippen MR) is 64.8 cm³/mol. The summed E-state index contributed by atoms with van der Waals surface area (Å²) in [5.41, 5.74) is -0.449. The molecule has 6 heteroatoms. The molecule has 2 aromatic rings. The van der Waals surface area contributed by atoms with Gasteiger partial charge in [0.05, 0.1) is 23.1 Å². The van der Waals surface area contributed by atoms with Crippen LogP contribution in [0.3, 0.4) is 0 Å². The van der Waals surface area contributed by atoms with Crippen LogP contribution in [0.25, 0.3) is 0 Å². The van der Waals surface area contributed by atoms with Crippen molar-refractivity contribution in [3.05, 3.63) is 53.2 Å². The van der Waals surface area contributed by atoms with Crippen LogP contribution in [-0.2, 0) is 0 Å². The fourth-order valence-corrected chi connectivity index (χ4v) is 1.63. The van der Waals surface area contributed by atoms with E-state index in [1.54, 1.807) is 6.92 Å². The molecular weight excluding hydrogens is 253 g/mol. The van der Waals surface area contributed by atoms with Crippen molar-refractivity contribution in [1.82, 2.24) is 0 Å². The standard InChI is InChI=1S/C13H10FNO4/c1-7-8(5-6-19-7)12(16)15-11-9(13(17)18)3-2-4-10(11)14/h2-6H,1H3,(H,15,16)(H,17,18). The van der Waals surface area contributed by atoms with E-state index >= 15 is 0 Å². The number of nitrogens with one attached hydrogen (secondary N) is 1.